The van der Waals surface area contributed by atoms with E-state index >= 15 is 0 Å². The average Bonchev–Trinajstić information content (AvgIpc) is 2.39. The lowest BCUT2D eigenvalue weighted by molar-refractivity contribution is -0.140. The predicted molar refractivity (Wildman–Crippen MR) is 79.4 cm³/mol. The molecule has 1 rings (SSSR count). The highest BCUT2D eigenvalue weighted by atomic mass is 79.9. The van der Waals surface area contributed by atoms with E-state index in [4.69, 9.17) is 10.8 Å². The summed E-state index contributed by atoms with van der Waals surface area (Å²) in [5.41, 5.74) is 5.84. The van der Waals surface area contributed by atoms with Gasteiger partial charge in [0.15, 0.2) is 0 Å². The summed E-state index contributed by atoms with van der Waals surface area (Å²) in [5, 5.41) is 11.2. The number of nitrogens with two attached hydrogens (primary N) is 1. The van der Waals surface area contributed by atoms with Crippen molar-refractivity contribution in [2.45, 2.75) is 19.0 Å². The summed E-state index contributed by atoms with van der Waals surface area (Å²) >= 11 is 3.31. The van der Waals surface area contributed by atoms with Gasteiger partial charge in [0.2, 0.25) is 5.91 Å². The Morgan fingerprint density at radius 2 is 1.90 bits per heavy atom. The number of rotatable bonds is 6. The van der Waals surface area contributed by atoms with Gasteiger partial charge < -0.3 is 21.1 Å². The molecule has 1 aromatic rings. The third-order valence-corrected chi connectivity index (χ3v) is 3.21. The summed E-state index contributed by atoms with van der Waals surface area (Å²) in [6.45, 7) is 0.308. The molecule has 1 atom stereocenters. The molecule has 0 fully saturated rings. The number of nitrogens with zero attached hydrogens (tertiary/aromatic N) is 1. The fraction of sp³-hybridized carbons (Fsp3) is 0.308. The number of primary amides is 1. The zero-order valence-electron chi connectivity index (χ0n) is 11.4. The van der Waals surface area contributed by atoms with Crippen molar-refractivity contribution in [3.8, 4) is 0 Å². The van der Waals surface area contributed by atoms with Gasteiger partial charge in [0.05, 0.1) is 6.42 Å². The minimum atomic E-state index is -1.33. The molecule has 0 spiro atoms. The van der Waals surface area contributed by atoms with Crippen LogP contribution in [-0.4, -0.2) is 41.0 Å². The molecule has 0 radical (unpaired) electrons. The number of hydrogen-bond acceptors (Lipinski definition) is 3. The number of aliphatic carboxylic acids is 1. The summed E-state index contributed by atoms with van der Waals surface area (Å²) < 4.78 is 0.922. The first kappa shape index (κ1) is 17.0. The molecule has 0 aliphatic carbocycles. The van der Waals surface area contributed by atoms with Crippen molar-refractivity contribution in [2.24, 2.45) is 5.73 Å². The molecule has 3 amide bonds. The van der Waals surface area contributed by atoms with Crippen LogP contribution in [0.2, 0.25) is 0 Å². The molecule has 0 bridgehead atoms. The SMILES string of the molecule is CN(Cc1ccc(Br)cc1)C(=O)NC(CC(N)=O)C(=O)O. The number of carboxylic acids is 1. The quantitative estimate of drug-likeness (QED) is 0.702. The summed E-state index contributed by atoms with van der Waals surface area (Å²) in [6, 6.07) is 5.44. The number of nitrogens with one attached hydrogen (secondary N) is 1. The third-order valence-electron chi connectivity index (χ3n) is 2.68. The van der Waals surface area contributed by atoms with Gasteiger partial charge in [-0.25, -0.2) is 9.59 Å². The normalized spacial score (nSPS) is 11.5. The second kappa shape index (κ2) is 7.63. The van der Waals surface area contributed by atoms with E-state index in [1.807, 2.05) is 24.3 Å². The molecule has 0 saturated carbocycles. The Labute approximate surface area is 130 Å². The van der Waals surface area contributed by atoms with Gasteiger partial charge in [-0.3, -0.25) is 4.79 Å². The molecule has 0 aliphatic rings. The van der Waals surface area contributed by atoms with Crippen LogP contribution in [0.4, 0.5) is 4.79 Å². The first-order valence-electron chi connectivity index (χ1n) is 6.06. The smallest absolute Gasteiger partial charge is 0.326 e. The molecule has 21 heavy (non-hydrogen) atoms. The van der Waals surface area contributed by atoms with Crippen molar-refractivity contribution in [1.82, 2.24) is 10.2 Å². The summed E-state index contributed by atoms with van der Waals surface area (Å²) in [7, 11) is 1.53. The number of carboxylic acid groups (broad SMARTS) is 1. The van der Waals surface area contributed by atoms with Crippen molar-refractivity contribution in [2.75, 3.05) is 7.05 Å². The maximum atomic E-state index is 11.9. The van der Waals surface area contributed by atoms with Gasteiger partial charge in [-0.1, -0.05) is 28.1 Å². The molecular weight excluding hydrogens is 342 g/mol. The number of amides is 3. The van der Waals surface area contributed by atoms with E-state index in [0.29, 0.717) is 6.54 Å². The Kier molecular flexibility index (Phi) is 6.16. The summed E-state index contributed by atoms with van der Waals surface area (Å²) in [4.78, 5) is 34.9. The molecule has 114 valence electrons. The van der Waals surface area contributed by atoms with E-state index in [-0.39, 0.29) is 0 Å². The van der Waals surface area contributed by atoms with Gasteiger partial charge in [0, 0.05) is 18.1 Å². The van der Waals surface area contributed by atoms with Crippen LogP contribution in [-0.2, 0) is 16.1 Å². The van der Waals surface area contributed by atoms with Crippen LogP contribution in [0.5, 0.6) is 0 Å². The first-order chi connectivity index (χ1) is 9.79. The molecule has 0 aliphatic heterocycles. The highest BCUT2D eigenvalue weighted by Gasteiger charge is 2.23. The van der Waals surface area contributed by atoms with E-state index in [1.165, 1.54) is 11.9 Å². The first-order valence-corrected chi connectivity index (χ1v) is 6.86. The van der Waals surface area contributed by atoms with Crippen molar-refractivity contribution in [3.05, 3.63) is 34.3 Å². The number of benzene rings is 1. The lowest BCUT2D eigenvalue weighted by atomic mass is 10.2. The number of urea groups is 1. The summed E-state index contributed by atoms with van der Waals surface area (Å²) in [5.74, 6) is -2.10. The van der Waals surface area contributed by atoms with Gasteiger partial charge in [-0.2, -0.15) is 0 Å². The fourth-order valence-corrected chi connectivity index (χ4v) is 1.86. The molecule has 7 nitrogen and oxygen atoms in total. The van der Waals surface area contributed by atoms with Crippen LogP contribution >= 0.6 is 15.9 Å². The van der Waals surface area contributed by atoms with Crippen LogP contribution < -0.4 is 11.1 Å². The van der Waals surface area contributed by atoms with Crippen molar-refractivity contribution >= 4 is 33.8 Å². The highest BCUT2D eigenvalue weighted by Crippen LogP contribution is 2.11. The maximum Gasteiger partial charge on any atom is 0.326 e. The number of hydrogen-bond donors (Lipinski definition) is 3. The summed E-state index contributed by atoms with van der Waals surface area (Å²) in [6.07, 6.45) is -0.451. The fourth-order valence-electron chi connectivity index (χ4n) is 1.60. The van der Waals surface area contributed by atoms with Crippen LogP contribution in [0.1, 0.15) is 12.0 Å². The van der Waals surface area contributed by atoms with Crippen LogP contribution in [0, 0.1) is 0 Å². The molecule has 0 aromatic heterocycles. The van der Waals surface area contributed by atoms with Crippen molar-refractivity contribution < 1.29 is 19.5 Å². The van der Waals surface area contributed by atoms with Crippen molar-refractivity contribution in [1.29, 1.82) is 0 Å². The molecular formula is C13H16BrN3O4. The zero-order chi connectivity index (χ0) is 16.0. The highest BCUT2D eigenvalue weighted by molar-refractivity contribution is 9.10. The molecule has 4 N–H and O–H groups in total. The monoisotopic (exact) mass is 357 g/mol. The van der Waals surface area contributed by atoms with E-state index in [1.54, 1.807) is 0 Å². The van der Waals surface area contributed by atoms with E-state index < -0.39 is 30.4 Å². The van der Waals surface area contributed by atoms with Crippen molar-refractivity contribution in [3.63, 3.8) is 0 Å². The average molecular weight is 358 g/mol. The Morgan fingerprint density at radius 1 is 1.33 bits per heavy atom. The Morgan fingerprint density at radius 3 is 2.38 bits per heavy atom. The van der Waals surface area contributed by atoms with Gasteiger partial charge in [-0.05, 0) is 17.7 Å². The van der Waals surface area contributed by atoms with E-state index in [9.17, 15) is 14.4 Å². The second-order valence-electron chi connectivity index (χ2n) is 4.49. The lowest BCUT2D eigenvalue weighted by Gasteiger charge is -2.21. The van der Waals surface area contributed by atoms with E-state index in [0.717, 1.165) is 10.0 Å². The molecule has 1 aromatic carbocycles. The molecule has 1 unspecified atom stereocenters. The Balaban J connectivity index is 2.62. The Bertz CT molecular complexity index is 533. The molecule has 0 saturated heterocycles. The van der Waals surface area contributed by atoms with Gasteiger partial charge in [0.1, 0.15) is 6.04 Å². The number of carbonyl (C=O) groups is 3. The molecule has 8 heteroatoms. The minimum absolute atomic E-state index is 0.308. The predicted octanol–water partition coefficient (Wildman–Crippen LogP) is 0.919. The standard InChI is InChI=1S/C13H16BrN3O4/c1-17(7-8-2-4-9(14)5-3-8)13(21)16-10(12(19)20)6-11(15)18/h2-5,10H,6-7H2,1H3,(H2,15,18)(H,16,21)(H,19,20). The van der Waals surface area contributed by atoms with Gasteiger partial charge in [0.25, 0.3) is 0 Å². The number of carbonyl (C=O) groups excluding carboxylic acids is 2. The minimum Gasteiger partial charge on any atom is -0.480 e. The van der Waals surface area contributed by atoms with Crippen LogP contribution in [0.15, 0.2) is 28.7 Å². The zero-order valence-corrected chi connectivity index (χ0v) is 13.0. The topological polar surface area (TPSA) is 113 Å². The number of halogens is 1. The Hall–Kier alpha value is -2.09. The molecule has 0 heterocycles. The lowest BCUT2D eigenvalue weighted by Crippen LogP contribution is -2.48. The van der Waals surface area contributed by atoms with E-state index in [2.05, 4.69) is 21.2 Å². The van der Waals surface area contributed by atoms with Crippen LogP contribution in [0.3, 0.4) is 0 Å². The van der Waals surface area contributed by atoms with Gasteiger partial charge in [-0.15, -0.1) is 0 Å². The maximum absolute atomic E-state index is 11.9. The second-order valence-corrected chi connectivity index (χ2v) is 5.41. The largest absolute Gasteiger partial charge is 0.480 e. The van der Waals surface area contributed by atoms with Crippen LogP contribution in [0.25, 0.3) is 0 Å². The third kappa shape index (κ3) is 5.82. The van der Waals surface area contributed by atoms with Gasteiger partial charge >= 0.3 is 12.0 Å².